The topological polar surface area (TPSA) is 72.3 Å². The van der Waals surface area contributed by atoms with E-state index in [2.05, 4.69) is 0 Å². The number of hydrogen-bond donors (Lipinski definition) is 2. The number of rotatable bonds is 3. The summed E-state index contributed by atoms with van der Waals surface area (Å²) in [6, 6.07) is 6.20. The molecule has 0 saturated heterocycles. The fourth-order valence-electron chi connectivity index (χ4n) is 1.82. The number of carbonyl (C=O) groups excluding carboxylic acids is 1. The van der Waals surface area contributed by atoms with E-state index in [-0.39, 0.29) is 11.3 Å². The van der Waals surface area contributed by atoms with Gasteiger partial charge in [0.2, 0.25) is 0 Å². The zero-order valence-electron chi connectivity index (χ0n) is 9.89. The van der Waals surface area contributed by atoms with E-state index in [1.54, 1.807) is 12.1 Å². The minimum atomic E-state index is -0.463. The molecule has 1 atom stereocenters. The van der Waals surface area contributed by atoms with Crippen LogP contribution in [-0.4, -0.2) is 16.3 Å². The number of primary amides is 1. The average Bonchev–Trinajstić information content (AvgIpc) is 2.60. The minimum Gasteiger partial charge on any atom is -0.365 e. The highest BCUT2D eigenvalue weighted by molar-refractivity contribution is 8.04. The van der Waals surface area contributed by atoms with Gasteiger partial charge in [-0.15, -0.1) is 0 Å². The van der Waals surface area contributed by atoms with Gasteiger partial charge in [-0.3, -0.25) is 4.79 Å². The van der Waals surface area contributed by atoms with Crippen molar-refractivity contribution < 1.29 is 9.18 Å². The van der Waals surface area contributed by atoms with Crippen molar-refractivity contribution in [2.45, 2.75) is 19.0 Å². The van der Waals surface area contributed by atoms with Gasteiger partial charge in [0, 0.05) is 12.2 Å². The summed E-state index contributed by atoms with van der Waals surface area (Å²) in [5.74, 6) is -0.738. The molecule has 1 amide bonds. The molecule has 1 unspecified atom stereocenters. The number of carbonyl (C=O) groups is 1. The van der Waals surface area contributed by atoms with Crippen LogP contribution in [0.15, 0.2) is 34.9 Å². The van der Waals surface area contributed by atoms with Crippen molar-refractivity contribution in [3.8, 4) is 0 Å². The third-order valence-corrected chi connectivity index (χ3v) is 4.02. The first-order valence-corrected chi connectivity index (χ1v) is 6.31. The van der Waals surface area contributed by atoms with Crippen molar-refractivity contribution in [2.75, 3.05) is 0 Å². The first-order chi connectivity index (χ1) is 8.49. The number of halogens is 1. The summed E-state index contributed by atoms with van der Waals surface area (Å²) in [6.07, 6.45) is 0. The molecule has 4 N–H and O–H groups in total. The van der Waals surface area contributed by atoms with Crippen LogP contribution < -0.4 is 11.5 Å². The molecule has 1 aromatic rings. The smallest absolute Gasteiger partial charge is 0.257 e. The van der Waals surface area contributed by atoms with Gasteiger partial charge in [-0.1, -0.05) is 23.9 Å². The molecular weight excluding hydrogens is 253 g/mol. The van der Waals surface area contributed by atoms with Crippen LogP contribution in [-0.2, 0) is 11.3 Å². The predicted molar refractivity (Wildman–Crippen MR) is 69.4 cm³/mol. The van der Waals surface area contributed by atoms with E-state index in [1.165, 1.54) is 23.9 Å². The first-order valence-electron chi connectivity index (χ1n) is 5.43. The summed E-state index contributed by atoms with van der Waals surface area (Å²) in [6.45, 7) is 2.33. The molecule has 1 heterocycles. The Morgan fingerprint density at radius 2 is 2.06 bits per heavy atom. The molecule has 0 fully saturated rings. The molecule has 2 rings (SSSR count). The number of amides is 1. The summed E-state index contributed by atoms with van der Waals surface area (Å²) >= 11 is 1.25. The minimum absolute atomic E-state index is 0.274. The molecule has 1 aliphatic heterocycles. The molecule has 1 aliphatic rings. The summed E-state index contributed by atoms with van der Waals surface area (Å²) < 4.78 is 12.8. The van der Waals surface area contributed by atoms with Gasteiger partial charge in [0.05, 0.1) is 4.91 Å². The lowest BCUT2D eigenvalue weighted by Gasteiger charge is -2.24. The van der Waals surface area contributed by atoms with E-state index < -0.39 is 5.91 Å². The second-order valence-corrected chi connectivity index (χ2v) is 5.17. The fraction of sp³-hybridized carbons (Fsp3) is 0.250. The Kier molecular flexibility index (Phi) is 3.58. The quantitative estimate of drug-likeness (QED) is 0.866. The van der Waals surface area contributed by atoms with Gasteiger partial charge < -0.3 is 16.4 Å². The SMILES string of the molecule is CC1=C(C(N)=O)SC(N)N1Cc1ccc(F)cc1. The van der Waals surface area contributed by atoms with Crippen LogP contribution in [0.5, 0.6) is 0 Å². The standard InChI is InChI=1S/C12H14FN3OS/c1-7-10(11(14)17)18-12(15)16(7)6-8-2-4-9(13)5-3-8/h2-5,12H,6,15H2,1H3,(H2,14,17). The molecule has 18 heavy (non-hydrogen) atoms. The third-order valence-electron chi connectivity index (χ3n) is 2.80. The van der Waals surface area contributed by atoms with Crippen LogP contribution in [0, 0.1) is 5.82 Å². The van der Waals surface area contributed by atoms with Gasteiger partial charge in [-0.25, -0.2) is 4.39 Å². The van der Waals surface area contributed by atoms with E-state index in [1.807, 2.05) is 11.8 Å². The molecule has 0 saturated carbocycles. The van der Waals surface area contributed by atoms with Crippen LogP contribution in [0.1, 0.15) is 12.5 Å². The van der Waals surface area contributed by atoms with Crippen molar-refractivity contribution in [1.29, 1.82) is 0 Å². The lowest BCUT2D eigenvalue weighted by Crippen LogP contribution is -2.34. The predicted octanol–water partition coefficient (Wildman–Crippen LogP) is 1.33. The van der Waals surface area contributed by atoms with Crippen LogP contribution in [0.4, 0.5) is 4.39 Å². The lowest BCUT2D eigenvalue weighted by atomic mass is 10.2. The molecule has 0 bridgehead atoms. The Balaban J connectivity index is 2.18. The molecule has 0 spiro atoms. The van der Waals surface area contributed by atoms with E-state index in [0.717, 1.165) is 11.3 Å². The van der Waals surface area contributed by atoms with Crippen molar-refractivity contribution in [1.82, 2.24) is 4.90 Å². The highest BCUT2D eigenvalue weighted by Gasteiger charge is 2.30. The molecule has 0 aromatic heterocycles. The van der Waals surface area contributed by atoms with Gasteiger partial charge in [0.15, 0.2) is 0 Å². The van der Waals surface area contributed by atoms with Crippen molar-refractivity contribution in [2.24, 2.45) is 11.5 Å². The molecule has 1 aromatic carbocycles. The molecule has 96 valence electrons. The highest BCUT2D eigenvalue weighted by Crippen LogP contribution is 2.35. The Hall–Kier alpha value is -1.53. The second-order valence-electron chi connectivity index (χ2n) is 4.04. The Morgan fingerprint density at radius 3 is 2.56 bits per heavy atom. The van der Waals surface area contributed by atoms with E-state index in [0.29, 0.717) is 11.4 Å². The number of nitrogens with two attached hydrogens (primary N) is 2. The van der Waals surface area contributed by atoms with E-state index >= 15 is 0 Å². The first kappa shape index (κ1) is 12.9. The number of thioether (sulfide) groups is 1. The summed E-state index contributed by atoms with van der Waals surface area (Å²) in [5, 5.41) is 0. The van der Waals surface area contributed by atoms with E-state index in [4.69, 9.17) is 11.5 Å². The Labute approximate surface area is 109 Å². The van der Waals surface area contributed by atoms with Crippen molar-refractivity contribution in [3.05, 3.63) is 46.2 Å². The zero-order chi connectivity index (χ0) is 13.3. The van der Waals surface area contributed by atoms with Crippen LogP contribution in [0.3, 0.4) is 0 Å². The maximum Gasteiger partial charge on any atom is 0.257 e. The molecule has 0 radical (unpaired) electrons. The average molecular weight is 267 g/mol. The molecule has 6 heteroatoms. The fourth-order valence-corrected chi connectivity index (χ4v) is 2.83. The highest BCUT2D eigenvalue weighted by atomic mass is 32.2. The molecular formula is C12H14FN3OS. The third kappa shape index (κ3) is 2.49. The van der Waals surface area contributed by atoms with Gasteiger partial charge in [-0.2, -0.15) is 0 Å². The maximum absolute atomic E-state index is 12.8. The zero-order valence-corrected chi connectivity index (χ0v) is 10.7. The molecule has 4 nitrogen and oxygen atoms in total. The lowest BCUT2D eigenvalue weighted by molar-refractivity contribution is -0.114. The van der Waals surface area contributed by atoms with Gasteiger partial charge >= 0.3 is 0 Å². The number of nitrogens with zero attached hydrogens (tertiary/aromatic N) is 1. The number of hydrogen-bond acceptors (Lipinski definition) is 4. The Bertz CT molecular complexity index is 501. The Morgan fingerprint density at radius 1 is 1.44 bits per heavy atom. The van der Waals surface area contributed by atoms with Gasteiger partial charge in [0.25, 0.3) is 5.91 Å². The van der Waals surface area contributed by atoms with Crippen LogP contribution in [0.2, 0.25) is 0 Å². The van der Waals surface area contributed by atoms with Crippen LogP contribution in [0.25, 0.3) is 0 Å². The van der Waals surface area contributed by atoms with Crippen LogP contribution >= 0.6 is 11.8 Å². The number of benzene rings is 1. The maximum atomic E-state index is 12.8. The van der Waals surface area contributed by atoms with Gasteiger partial charge in [0.1, 0.15) is 11.3 Å². The van der Waals surface area contributed by atoms with Crippen molar-refractivity contribution in [3.63, 3.8) is 0 Å². The summed E-state index contributed by atoms with van der Waals surface area (Å²) in [7, 11) is 0. The molecule has 0 aliphatic carbocycles. The van der Waals surface area contributed by atoms with E-state index in [9.17, 15) is 9.18 Å². The second kappa shape index (κ2) is 4.99. The van der Waals surface area contributed by atoms with Gasteiger partial charge in [-0.05, 0) is 24.6 Å². The monoisotopic (exact) mass is 267 g/mol. The largest absolute Gasteiger partial charge is 0.365 e. The summed E-state index contributed by atoms with van der Waals surface area (Å²) in [5.41, 5.74) is 12.6. The summed E-state index contributed by atoms with van der Waals surface area (Å²) in [4.78, 5) is 13.6. The number of allylic oxidation sites excluding steroid dienone is 1. The van der Waals surface area contributed by atoms with Crippen molar-refractivity contribution >= 4 is 17.7 Å². The normalized spacial score (nSPS) is 19.5.